The quantitative estimate of drug-likeness (QED) is 0.175. The predicted octanol–water partition coefficient (Wildman–Crippen LogP) is 9.20. The van der Waals surface area contributed by atoms with Crippen LogP contribution in [0, 0.1) is 0 Å². The van der Waals surface area contributed by atoms with E-state index in [9.17, 15) is 5.11 Å². The van der Waals surface area contributed by atoms with Crippen LogP contribution in [-0.4, -0.2) is 34.2 Å². The highest BCUT2D eigenvalue weighted by atomic mass is 16.3. The van der Waals surface area contributed by atoms with Gasteiger partial charge in [0.1, 0.15) is 17.0 Å². The molecule has 0 aliphatic heterocycles. The first-order chi connectivity index (χ1) is 24.9. The molecule has 7 nitrogen and oxygen atoms in total. The van der Waals surface area contributed by atoms with Crippen LogP contribution >= 0.6 is 0 Å². The van der Waals surface area contributed by atoms with Crippen LogP contribution in [-0.2, 0) is 19.7 Å². The Morgan fingerprint density at radius 3 is 1.10 bits per heavy atom. The molecule has 0 atom stereocenters. The Kier molecular flexibility index (Phi) is 8.18. The molecule has 0 saturated carbocycles. The van der Waals surface area contributed by atoms with E-state index in [0.717, 1.165) is 45.0 Å². The van der Waals surface area contributed by atoms with E-state index in [-0.39, 0.29) is 0 Å². The van der Waals surface area contributed by atoms with E-state index < -0.39 is 5.60 Å². The zero-order valence-corrected chi connectivity index (χ0v) is 28.6. The molecule has 1 N–H and O–H groups in total. The zero-order chi connectivity index (χ0) is 35.0. The van der Waals surface area contributed by atoms with Gasteiger partial charge in [-0.05, 0) is 31.2 Å². The van der Waals surface area contributed by atoms with Crippen molar-refractivity contribution in [2.24, 2.45) is 14.1 Å². The van der Waals surface area contributed by atoms with Gasteiger partial charge in [0.15, 0.2) is 11.6 Å². The Morgan fingerprint density at radius 2 is 0.745 bits per heavy atom. The third-order valence-electron chi connectivity index (χ3n) is 9.33. The van der Waals surface area contributed by atoms with Crippen molar-refractivity contribution < 1.29 is 5.11 Å². The summed E-state index contributed by atoms with van der Waals surface area (Å²) in [7, 11) is 4.02. The van der Waals surface area contributed by atoms with Gasteiger partial charge in [0.2, 0.25) is 0 Å². The van der Waals surface area contributed by atoms with E-state index >= 15 is 0 Å². The lowest BCUT2D eigenvalue weighted by Crippen LogP contribution is -2.26. The summed E-state index contributed by atoms with van der Waals surface area (Å²) in [6.07, 6.45) is 0. The number of pyridine rings is 2. The SMILES string of the molecule is Cn1c(-c2cccc(C(C)(O)c3cccc(-c4nc(-c5ccccc5)c(-c5ccccc5)n4C)n3)n2)nc(-c2ccccc2)c1-c1ccccc1. The first-order valence-corrected chi connectivity index (χ1v) is 16.9. The van der Waals surface area contributed by atoms with Gasteiger partial charge in [-0.25, -0.2) is 19.9 Å². The van der Waals surface area contributed by atoms with Crippen LogP contribution in [0.1, 0.15) is 18.3 Å². The summed E-state index contributed by atoms with van der Waals surface area (Å²) in [4.78, 5) is 20.3. The van der Waals surface area contributed by atoms with Crippen molar-refractivity contribution in [2.75, 3.05) is 0 Å². The molecule has 4 aromatic heterocycles. The third kappa shape index (κ3) is 5.83. The van der Waals surface area contributed by atoms with Crippen molar-refractivity contribution in [3.8, 4) is 68.1 Å². The van der Waals surface area contributed by atoms with Gasteiger partial charge in [-0.15, -0.1) is 0 Å². The summed E-state index contributed by atoms with van der Waals surface area (Å²) in [5.41, 5.74) is 8.57. The van der Waals surface area contributed by atoms with Crippen LogP contribution < -0.4 is 0 Å². The molecule has 0 aliphatic rings. The number of hydrogen-bond acceptors (Lipinski definition) is 5. The van der Waals surface area contributed by atoms with E-state index in [4.69, 9.17) is 19.9 Å². The topological polar surface area (TPSA) is 81.6 Å². The average molecular weight is 665 g/mol. The monoisotopic (exact) mass is 664 g/mol. The maximum absolute atomic E-state index is 12.2. The van der Waals surface area contributed by atoms with Gasteiger partial charge in [0, 0.05) is 36.3 Å². The zero-order valence-electron chi connectivity index (χ0n) is 28.6. The van der Waals surface area contributed by atoms with Crippen molar-refractivity contribution >= 4 is 0 Å². The normalized spacial score (nSPS) is 11.5. The molecule has 0 aliphatic carbocycles. The molecule has 0 radical (unpaired) electrons. The first kappa shape index (κ1) is 31.8. The third-order valence-corrected chi connectivity index (χ3v) is 9.33. The largest absolute Gasteiger partial charge is 0.377 e. The highest BCUT2D eigenvalue weighted by molar-refractivity contribution is 5.83. The van der Waals surface area contributed by atoms with Crippen molar-refractivity contribution in [3.05, 3.63) is 169 Å². The number of rotatable bonds is 8. The molecular weight excluding hydrogens is 629 g/mol. The van der Waals surface area contributed by atoms with Crippen molar-refractivity contribution in [1.29, 1.82) is 0 Å². The summed E-state index contributed by atoms with van der Waals surface area (Å²) in [6.45, 7) is 1.73. The number of aliphatic hydroxyl groups is 1. The maximum atomic E-state index is 12.2. The Labute approximate surface area is 297 Å². The van der Waals surface area contributed by atoms with Crippen LogP contribution in [0.5, 0.6) is 0 Å². The van der Waals surface area contributed by atoms with E-state index in [2.05, 4.69) is 57.7 Å². The van der Waals surface area contributed by atoms with Crippen molar-refractivity contribution in [2.45, 2.75) is 12.5 Å². The summed E-state index contributed by atoms with van der Waals surface area (Å²) >= 11 is 0. The summed E-state index contributed by atoms with van der Waals surface area (Å²) in [5, 5.41) is 12.2. The second-order valence-corrected chi connectivity index (χ2v) is 12.7. The maximum Gasteiger partial charge on any atom is 0.159 e. The van der Waals surface area contributed by atoms with Crippen LogP contribution in [0.25, 0.3) is 68.1 Å². The molecule has 0 bridgehead atoms. The molecule has 248 valence electrons. The molecule has 0 fully saturated rings. The van der Waals surface area contributed by atoms with Gasteiger partial charge in [-0.2, -0.15) is 0 Å². The molecule has 8 aromatic rings. The van der Waals surface area contributed by atoms with Gasteiger partial charge >= 0.3 is 0 Å². The lowest BCUT2D eigenvalue weighted by Gasteiger charge is -2.23. The lowest BCUT2D eigenvalue weighted by atomic mass is 9.96. The summed E-state index contributed by atoms with van der Waals surface area (Å²) in [6, 6.07) is 52.2. The lowest BCUT2D eigenvalue weighted by molar-refractivity contribution is 0.0928. The molecule has 0 amide bonds. The summed E-state index contributed by atoms with van der Waals surface area (Å²) in [5.74, 6) is 1.39. The minimum atomic E-state index is -1.52. The number of benzene rings is 4. The van der Waals surface area contributed by atoms with E-state index in [1.807, 2.05) is 123 Å². The Balaban J connectivity index is 1.20. The van der Waals surface area contributed by atoms with E-state index in [0.29, 0.717) is 34.4 Å². The number of imidazole rings is 2. The molecule has 0 saturated heterocycles. The average Bonchev–Trinajstić information content (AvgIpc) is 3.73. The smallest absolute Gasteiger partial charge is 0.159 e. The second kappa shape index (κ2) is 13.1. The number of aromatic nitrogens is 6. The molecule has 4 heterocycles. The van der Waals surface area contributed by atoms with Gasteiger partial charge in [-0.3, -0.25) is 0 Å². The van der Waals surface area contributed by atoms with E-state index in [1.54, 1.807) is 6.92 Å². The molecule has 0 unspecified atom stereocenters. The number of nitrogens with zero attached hydrogens (tertiary/aromatic N) is 6. The van der Waals surface area contributed by atoms with Gasteiger partial charge in [0.25, 0.3) is 0 Å². The highest BCUT2D eigenvalue weighted by Gasteiger charge is 2.31. The van der Waals surface area contributed by atoms with Crippen LogP contribution in [0.2, 0.25) is 0 Å². The fourth-order valence-electron chi connectivity index (χ4n) is 6.69. The Hall–Kier alpha value is -6.44. The van der Waals surface area contributed by atoms with Crippen molar-refractivity contribution in [3.63, 3.8) is 0 Å². The van der Waals surface area contributed by atoms with Gasteiger partial charge in [-0.1, -0.05) is 133 Å². The molecular formula is C44H36N6O. The number of hydrogen-bond donors (Lipinski definition) is 1. The highest BCUT2D eigenvalue weighted by Crippen LogP contribution is 2.38. The second-order valence-electron chi connectivity index (χ2n) is 12.7. The van der Waals surface area contributed by atoms with Crippen LogP contribution in [0.3, 0.4) is 0 Å². The predicted molar refractivity (Wildman–Crippen MR) is 203 cm³/mol. The van der Waals surface area contributed by atoms with Gasteiger partial charge < -0.3 is 14.2 Å². The first-order valence-electron chi connectivity index (χ1n) is 16.9. The molecule has 51 heavy (non-hydrogen) atoms. The summed E-state index contributed by atoms with van der Waals surface area (Å²) < 4.78 is 4.15. The minimum absolute atomic E-state index is 0.463. The van der Waals surface area contributed by atoms with Crippen LogP contribution in [0.15, 0.2) is 158 Å². The van der Waals surface area contributed by atoms with Gasteiger partial charge in [0.05, 0.1) is 34.2 Å². The molecule has 7 heteroatoms. The fraction of sp³-hybridized carbons (Fsp3) is 0.0909. The minimum Gasteiger partial charge on any atom is -0.377 e. The fourth-order valence-corrected chi connectivity index (χ4v) is 6.69. The Morgan fingerprint density at radius 1 is 0.412 bits per heavy atom. The van der Waals surface area contributed by atoms with Crippen LogP contribution in [0.4, 0.5) is 0 Å². The molecule has 0 spiro atoms. The molecule has 8 rings (SSSR count). The molecule has 4 aromatic carbocycles. The van der Waals surface area contributed by atoms with E-state index in [1.165, 1.54) is 0 Å². The Bertz CT molecular complexity index is 2280. The van der Waals surface area contributed by atoms with Crippen molar-refractivity contribution in [1.82, 2.24) is 29.1 Å². The standard InChI is InChI=1S/C44H36N6O/c1-44(51,36-28-16-26-34(45-36)42-47-38(30-18-8-4-9-19-30)40(49(42)2)32-22-12-6-13-23-32)37-29-17-27-35(46-37)43-48-39(31-20-10-5-11-21-31)41(50(43)3)33-24-14-7-15-25-33/h4-29,51H,1-3H3.